The fraction of sp³-hybridized carbons (Fsp3) is 0.917. The number of hydrogen-bond donors (Lipinski definition) is 1. The average Bonchev–Trinajstić information content (AvgIpc) is 2.11. The van der Waals surface area contributed by atoms with E-state index in [1.165, 1.54) is 0 Å². The largest absolute Gasteiger partial charge is 0.481 e. The van der Waals surface area contributed by atoms with Crippen molar-refractivity contribution in [3.05, 3.63) is 0 Å². The molecular formula is C12H24O2. The van der Waals surface area contributed by atoms with Crippen molar-refractivity contribution in [1.82, 2.24) is 0 Å². The summed E-state index contributed by atoms with van der Waals surface area (Å²) in [5, 5.41) is 9.30. The lowest BCUT2D eigenvalue weighted by Gasteiger charge is -2.29. The first-order valence-corrected chi connectivity index (χ1v) is 5.72. The van der Waals surface area contributed by atoms with E-state index in [1.54, 1.807) is 0 Å². The minimum atomic E-state index is -0.609. The lowest BCUT2D eigenvalue weighted by Crippen LogP contribution is -2.32. The zero-order chi connectivity index (χ0) is 11.2. The Balaban J connectivity index is 4.51. The number of carboxylic acid groups (broad SMARTS) is 1. The second kappa shape index (κ2) is 6.05. The number of hydrogen-bond acceptors (Lipinski definition) is 1. The molecule has 0 aliphatic heterocycles. The molecule has 0 radical (unpaired) electrons. The zero-order valence-corrected chi connectivity index (χ0v) is 9.97. The molecule has 1 unspecified atom stereocenters. The van der Waals surface area contributed by atoms with Crippen molar-refractivity contribution >= 4 is 5.97 Å². The van der Waals surface area contributed by atoms with Gasteiger partial charge in [0, 0.05) is 0 Å². The topological polar surface area (TPSA) is 37.3 Å². The minimum Gasteiger partial charge on any atom is -0.481 e. The summed E-state index contributed by atoms with van der Waals surface area (Å²) in [5.41, 5.74) is -0.468. The SMILES string of the molecule is CCCCC(CC)(CC(C)C)C(=O)O. The predicted molar refractivity (Wildman–Crippen MR) is 59.3 cm³/mol. The molecule has 2 nitrogen and oxygen atoms in total. The molecule has 14 heavy (non-hydrogen) atoms. The summed E-state index contributed by atoms with van der Waals surface area (Å²) in [4.78, 5) is 11.3. The van der Waals surface area contributed by atoms with E-state index in [9.17, 15) is 9.90 Å². The normalized spacial score (nSPS) is 15.5. The predicted octanol–water partition coefficient (Wildman–Crippen LogP) is 3.70. The summed E-state index contributed by atoms with van der Waals surface area (Å²) in [6.07, 6.45) is 4.48. The Morgan fingerprint density at radius 1 is 1.36 bits per heavy atom. The molecule has 1 N–H and O–H groups in total. The molecule has 0 saturated carbocycles. The smallest absolute Gasteiger partial charge is 0.309 e. The van der Waals surface area contributed by atoms with Crippen molar-refractivity contribution < 1.29 is 9.90 Å². The molecule has 0 heterocycles. The van der Waals surface area contributed by atoms with Gasteiger partial charge in [0.25, 0.3) is 0 Å². The third-order valence-electron chi connectivity index (χ3n) is 2.94. The van der Waals surface area contributed by atoms with E-state index in [2.05, 4.69) is 20.8 Å². The Kier molecular flexibility index (Phi) is 5.82. The van der Waals surface area contributed by atoms with E-state index in [4.69, 9.17) is 0 Å². The van der Waals surface area contributed by atoms with E-state index >= 15 is 0 Å². The summed E-state index contributed by atoms with van der Waals surface area (Å²) in [6.45, 7) is 8.29. The standard InChI is InChI=1S/C12H24O2/c1-5-7-8-12(6-2,11(13)14)9-10(3)4/h10H,5-9H2,1-4H3,(H,13,14). The molecule has 0 aliphatic carbocycles. The van der Waals surface area contributed by atoms with Gasteiger partial charge in [0.2, 0.25) is 0 Å². The van der Waals surface area contributed by atoms with Gasteiger partial charge < -0.3 is 5.11 Å². The first kappa shape index (κ1) is 13.5. The van der Waals surface area contributed by atoms with Crippen LogP contribution in [0.5, 0.6) is 0 Å². The van der Waals surface area contributed by atoms with Gasteiger partial charge in [-0.1, -0.05) is 40.5 Å². The second-order valence-electron chi connectivity index (χ2n) is 4.64. The van der Waals surface area contributed by atoms with Gasteiger partial charge in [-0.2, -0.15) is 0 Å². The van der Waals surface area contributed by atoms with E-state index in [-0.39, 0.29) is 0 Å². The van der Waals surface area contributed by atoms with Crippen molar-refractivity contribution in [1.29, 1.82) is 0 Å². The van der Waals surface area contributed by atoms with Crippen LogP contribution < -0.4 is 0 Å². The van der Waals surface area contributed by atoms with Crippen LogP contribution in [0.25, 0.3) is 0 Å². The lowest BCUT2D eigenvalue weighted by molar-refractivity contribution is -0.151. The minimum absolute atomic E-state index is 0.461. The van der Waals surface area contributed by atoms with Crippen LogP contribution in [0.3, 0.4) is 0 Å². The zero-order valence-electron chi connectivity index (χ0n) is 9.97. The molecule has 0 rings (SSSR count). The van der Waals surface area contributed by atoms with Crippen LogP contribution in [0, 0.1) is 11.3 Å². The number of carboxylic acids is 1. The third kappa shape index (κ3) is 3.69. The Morgan fingerprint density at radius 3 is 2.21 bits per heavy atom. The summed E-state index contributed by atoms with van der Waals surface area (Å²) in [6, 6.07) is 0. The van der Waals surface area contributed by atoms with Crippen molar-refractivity contribution in [3.63, 3.8) is 0 Å². The third-order valence-corrected chi connectivity index (χ3v) is 2.94. The van der Waals surface area contributed by atoms with Gasteiger partial charge in [0.15, 0.2) is 0 Å². The molecule has 84 valence electrons. The molecule has 0 amide bonds. The first-order valence-electron chi connectivity index (χ1n) is 5.72. The van der Waals surface area contributed by atoms with Crippen LogP contribution in [-0.2, 0) is 4.79 Å². The fourth-order valence-electron chi connectivity index (χ4n) is 2.07. The fourth-order valence-corrected chi connectivity index (χ4v) is 2.07. The van der Waals surface area contributed by atoms with E-state index in [0.29, 0.717) is 5.92 Å². The average molecular weight is 200 g/mol. The molecule has 0 saturated heterocycles. The first-order chi connectivity index (χ1) is 6.48. The monoisotopic (exact) mass is 200 g/mol. The van der Waals surface area contributed by atoms with Crippen LogP contribution in [0.1, 0.15) is 59.8 Å². The maximum atomic E-state index is 11.3. The highest BCUT2D eigenvalue weighted by Crippen LogP contribution is 2.36. The Labute approximate surface area is 87.7 Å². The van der Waals surface area contributed by atoms with Crippen LogP contribution >= 0.6 is 0 Å². The summed E-state index contributed by atoms with van der Waals surface area (Å²) >= 11 is 0. The van der Waals surface area contributed by atoms with Crippen molar-refractivity contribution in [2.75, 3.05) is 0 Å². The molecule has 1 atom stereocenters. The van der Waals surface area contributed by atoms with Gasteiger partial charge in [0.1, 0.15) is 0 Å². The molecule has 0 aromatic heterocycles. The van der Waals surface area contributed by atoms with Gasteiger partial charge in [-0.05, 0) is 25.2 Å². The molecule has 0 bridgehead atoms. The Morgan fingerprint density at radius 2 is 1.93 bits per heavy atom. The van der Waals surface area contributed by atoms with Crippen LogP contribution in [-0.4, -0.2) is 11.1 Å². The quantitative estimate of drug-likeness (QED) is 0.680. The summed E-state index contributed by atoms with van der Waals surface area (Å²) in [7, 11) is 0. The number of unbranched alkanes of at least 4 members (excludes halogenated alkanes) is 1. The maximum absolute atomic E-state index is 11.3. The lowest BCUT2D eigenvalue weighted by atomic mass is 9.74. The molecule has 0 spiro atoms. The Bertz CT molecular complexity index is 175. The molecule has 0 fully saturated rings. The van der Waals surface area contributed by atoms with Gasteiger partial charge in [-0.15, -0.1) is 0 Å². The molecule has 0 aromatic rings. The van der Waals surface area contributed by atoms with Gasteiger partial charge in [-0.25, -0.2) is 0 Å². The summed E-state index contributed by atoms with van der Waals surface area (Å²) in [5.74, 6) is -0.148. The van der Waals surface area contributed by atoms with Crippen molar-refractivity contribution in [2.45, 2.75) is 59.8 Å². The molecule has 0 aliphatic rings. The van der Waals surface area contributed by atoms with Gasteiger partial charge in [0.05, 0.1) is 5.41 Å². The van der Waals surface area contributed by atoms with Crippen molar-refractivity contribution in [3.8, 4) is 0 Å². The second-order valence-corrected chi connectivity index (χ2v) is 4.64. The summed E-state index contributed by atoms with van der Waals surface area (Å²) < 4.78 is 0. The highest BCUT2D eigenvalue weighted by Gasteiger charge is 2.36. The molecular weight excluding hydrogens is 176 g/mol. The van der Waals surface area contributed by atoms with Crippen LogP contribution in [0.15, 0.2) is 0 Å². The molecule has 0 aromatic carbocycles. The number of carbonyl (C=O) groups is 1. The van der Waals surface area contributed by atoms with Gasteiger partial charge >= 0.3 is 5.97 Å². The van der Waals surface area contributed by atoms with Gasteiger partial charge in [-0.3, -0.25) is 4.79 Å². The van der Waals surface area contributed by atoms with Crippen molar-refractivity contribution in [2.24, 2.45) is 11.3 Å². The van der Waals surface area contributed by atoms with E-state index < -0.39 is 11.4 Å². The van der Waals surface area contributed by atoms with E-state index in [1.807, 2.05) is 6.92 Å². The maximum Gasteiger partial charge on any atom is 0.309 e. The number of rotatable bonds is 7. The van der Waals surface area contributed by atoms with Crippen LogP contribution in [0.4, 0.5) is 0 Å². The number of aliphatic carboxylic acids is 1. The van der Waals surface area contributed by atoms with Crippen LogP contribution in [0.2, 0.25) is 0 Å². The molecule has 2 heteroatoms. The highest BCUT2D eigenvalue weighted by atomic mass is 16.4. The Hall–Kier alpha value is -0.530. The highest BCUT2D eigenvalue weighted by molar-refractivity contribution is 5.74. The van der Waals surface area contributed by atoms with E-state index in [0.717, 1.165) is 32.1 Å².